The Morgan fingerprint density at radius 3 is 2.13 bits per heavy atom. The fourth-order valence-corrected chi connectivity index (χ4v) is 5.63. The Hall–Kier alpha value is -3.69. The molecule has 0 radical (unpaired) electrons. The van der Waals surface area contributed by atoms with Gasteiger partial charge in [0.25, 0.3) is 0 Å². The molecule has 0 fully saturated rings. The Morgan fingerprint density at radius 1 is 0.783 bits per heavy atom. The first-order chi connectivity index (χ1) is 22.3. The molecule has 0 atom stereocenters. The second-order valence-electron chi connectivity index (χ2n) is 11.5. The lowest BCUT2D eigenvalue weighted by molar-refractivity contribution is -0.253. The van der Waals surface area contributed by atoms with Gasteiger partial charge in [-0.3, -0.25) is 9.59 Å². The molecule has 0 aliphatic carbocycles. The van der Waals surface area contributed by atoms with E-state index in [2.05, 4.69) is 19.1 Å². The standard InChI is InChI=1S/C37H51NO8/c1-6-9-10-11-12-13-15-28-18-21-30(22-19-28)44-27-37(45-7-2,46-8-3)26-38-25-32(34(39)16-14-17-35(40)42-4)31-24-29(36(41)43-5)20-23-33(31)38/h18-25H,6-17,26-27H2,1-5H3. The third-order valence-corrected chi connectivity index (χ3v) is 8.04. The fraction of sp³-hybridized carbons (Fsp3) is 0.541. The van der Waals surface area contributed by atoms with Crippen LogP contribution in [0.15, 0.2) is 48.7 Å². The molecule has 0 saturated heterocycles. The zero-order valence-electron chi connectivity index (χ0n) is 28.2. The summed E-state index contributed by atoms with van der Waals surface area (Å²) in [4.78, 5) is 37.4. The van der Waals surface area contributed by atoms with Crippen molar-refractivity contribution in [1.82, 2.24) is 4.57 Å². The third-order valence-electron chi connectivity index (χ3n) is 8.04. The number of esters is 2. The van der Waals surface area contributed by atoms with Crippen LogP contribution < -0.4 is 4.74 Å². The smallest absolute Gasteiger partial charge is 0.337 e. The quantitative estimate of drug-likeness (QED) is 0.0478. The number of benzene rings is 2. The first kappa shape index (κ1) is 36.8. The Bertz CT molecular complexity index is 1390. The van der Waals surface area contributed by atoms with Crippen LogP contribution in [0.2, 0.25) is 0 Å². The van der Waals surface area contributed by atoms with Crippen molar-refractivity contribution < 1.29 is 38.1 Å². The molecule has 9 nitrogen and oxygen atoms in total. The molecule has 0 aliphatic heterocycles. The van der Waals surface area contributed by atoms with Gasteiger partial charge in [0.05, 0.1) is 26.3 Å². The van der Waals surface area contributed by atoms with Crippen LogP contribution in [0.25, 0.3) is 10.9 Å². The number of nitrogens with zero attached hydrogens (tertiary/aromatic N) is 1. The highest BCUT2D eigenvalue weighted by Gasteiger charge is 2.35. The van der Waals surface area contributed by atoms with E-state index in [1.807, 2.05) is 30.5 Å². The lowest BCUT2D eigenvalue weighted by Gasteiger charge is -2.33. The molecule has 0 spiro atoms. The number of ketones is 1. The number of unbranched alkanes of at least 4 members (excludes halogenated alkanes) is 5. The highest BCUT2D eigenvalue weighted by atomic mass is 16.7. The van der Waals surface area contributed by atoms with E-state index in [1.54, 1.807) is 24.4 Å². The molecule has 0 saturated carbocycles. The Morgan fingerprint density at radius 2 is 1.48 bits per heavy atom. The maximum Gasteiger partial charge on any atom is 0.337 e. The number of rotatable bonds is 22. The van der Waals surface area contributed by atoms with Crippen molar-refractivity contribution in [3.63, 3.8) is 0 Å². The van der Waals surface area contributed by atoms with Crippen LogP contribution >= 0.6 is 0 Å². The van der Waals surface area contributed by atoms with E-state index in [-0.39, 0.29) is 37.7 Å². The number of fused-ring (bicyclic) bond motifs is 1. The molecule has 1 aromatic heterocycles. The molecule has 0 aliphatic rings. The monoisotopic (exact) mass is 637 g/mol. The Balaban J connectivity index is 1.82. The second-order valence-corrected chi connectivity index (χ2v) is 11.5. The number of hydrogen-bond acceptors (Lipinski definition) is 8. The SMILES string of the molecule is CCCCCCCCc1ccc(OCC(Cn2cc(C(=O)CCCC(=O)OC)c3cc(C(=O)OC)ccc32)(OCC)OCC)cc1. The molecular formula is C37H51NO8. The van der Waals surface area contributed by atoms with Gasteiger partial charge >= 0.3 is 11.9 Å². The molecular weight excluding hydrogens is 586 g/mol. The van der Waals surface area contributed by atoms with Crippen LogP contribution in [-0.2, 0) is 36.7 Å². The summed E-state index contributed by atoms with van der Waals surface area (Å²) < 4.78 is 30.3. The summed E-state index contributed by atoms with van der Waals surface area (Å²) >= 11 is 0. The molecule has 252 valence electrons. The van der Waals surface area contributed by atoms with Gasteiger partial charge in [0.2, 0.25) is 5.79 Å². The predicted octanol–water partition coefficient (Wildman–Crippen LogP) is 7.71. The van der Waals surface area contributed by atoms with E-state index in [4.69, 9.17) is 23.7 Å². The Labute approximate surface area is 273 Å². The normalized spacial score (nSPS) is 11.5. The number of hydrogen-bond donors (Lipinski definition) is 0. The highest BCUT2D eigenvalue weighted by molar-refractivity contribution is 6.09. The highest BCUT2D eigenvalue weighted by Crippen LogP contribution is 2.29. The van der Waals surface area contributed by atoms with Gasteiger partial charge in [-0.15, -0.1) is 0 Å². The second kappa shape index (κ2) is 19.1. The number of methoxy groups -OCH3 is 2. The summed E-state index contributed by atoms with van der Waals surface area (Å²) in [5.74, 6) is -1.45. The zero-order valence-corrected chi connectivity index (χ0v) is 28.2. The molecule has 0 bridgehead atoms. The van der Waals surface area contributed by atoms with Crippen molar-refractivity contribution in [2.75, 3.05) is 34.0 Å². The van der Waals surface area contributed by atoms with Crippen molar-refractivity contribution in [3.8, 4) is 5.75 Å². The number of carbonyl (C=O) groups excluding carboxylic acids is 3. The number of aromatic nitrogens is 1. The topological polar surface area (TPSA) is 102 Å². The molecule has 0 amide bonds. The van der Waals surface area contributed by atoms with Crippen molar-refractivity contribution in [2.24, 2.45) is 0 Å². The van der Waals surface area contributed by atoms with Crippen LogP contribution in [-0.4, -0.2) is 62.1 Å². The minimum atomic E-state index is -1.15. The van der Waals surface area contributed by atoms with E-state index >= 15 is 0 Å². The Kier molecular flexibility index (Phi) is 15.3. The number of Topliss-reactive ketones (excluding diaryl/α,β-unsaturated/α-hetero) is 1. The number of aryl methyl sites for hydroxylation is 1. The first-order valence-electron chi connectivity index (χ1n) is 16.6. The predicted molar refractivity (Wildman–Crippen MR) is 178 cm³/mol. The van der Waals surface area contributed by atoms with E-state index in [0.717, 1.165) is 17.7 Å². The van der Waals surface area contributed by atoms with Gasteiger partial charge in [0, 0.05) is 48.7 Å². The summed E-state index contributed by atoms with van der Waals surface area (Å²) in [6, 6.07) is 13.3. The summed E-state index contributed by atoms with van der Waals surface area (Å²) in [5, 5.41) is 0.606. The van der Waals surface area contributed by atoms with Crippen molar-refractivity contribution in [1.29, 1.82) is 0 Å². The molecule has 3 rings (SSSR count). The van der Waals surface area contributed by atoms with Gasteiger partial charge in [0.1, 0.15) is 12.4 Å². The van der Waals surface area contributed by atoms with Gasteiger partial charge in [-0.05, 0) is 69.0 Å². The minimum absolute atomic E-state index is 0.119. The van der Waals surface area contributed by atoms with Crippen LogP contribution in [0.4, 0.5) is 0 Å². The van der Waals surface area contributed by atoms with Crippen molar-refractivity contribution in [3.05, 3.63) is 65.4 Å². The summed E-state index contributed by atoms with van der Waals surface area (Å²) in [5.41, 5.74) is 2.79. The average Bonchev–Trinajstić information content (AvgIpc) is 3.42. The summed E-state index contributed by atoms with van der Waals surface area (Å²) in [6.45, 7) is 7.15. The lowest BCUT2D eigenvalue weighted by atomic mass is 10.0. The van der Waals surface area contributed by atoms with Crippen LogP contribution in [0, 0.1) is 0 Å². The van der Waals surface area contributed by atoms with E-state index in [0.29, 0.717) is 36.1 Å². The molecule has 0 unspecified atom stereocenters. The third kappa shape index (κ3) is 10.7. The molecule has 9 heteroatoms. The molecule has 2 aromatic carbocycles. The summed E-state index contributed by atoms with van der Waals surface area (Å²) in [7, 11) is 2.64. The van der Waals surface area contributed by atoms with E-state index in [9.17, 15) is 14.4 Å². The van der Waals surface area contributed by atoms with Gasteiger partial charge in [-0.25, -0.2) is 4.79 Å². The van der Waals surface area contributed by atoms with Gasteiger partial charge in [-0.1, -0.05) is 51.2 Å². The minimum Gasteiger partial charge on any atom is -0.488 e. The molecule has 46 heavy (non-hydrogen) atoms. The fourth-order valence-electron chi connectivity index (χ4n) is 5.63. The van der Waals surface area contributed by atoms with Gasteiger partial charge < -0.3 is 28.3 Å². The van der Waals surface area contributed by atoms with Crippen LogP contribution in [0.1, 0.15) is 105 Å². The van der Waals surface area contributed by atoms with E-state index < -0.39 is 11.8 Å². The average molecular weight is 638 g/mol. The lowest BCUT2D eigenvalue weighted by Crippen LogP contribution is -2.46. The van der Waals surface area contributed by atoms with Gasteiger partial charge in [0.15, 0.2) is 5.78 Å². The maximum atomic E-state index is 13.4. The first-order valence-corrected chi connectivity index (χ1v) is 16.6. The van der Waals surface area contributed by atoms with Crippen molar-refractivity contribution in [2.45, 2.75) is 97.3 Å². The van der Waals surface area contributed by atoms with Crippen LogP contribution in [0.5, 0.6) is 5.75 Å². The van der Waals surface area contributed by atoms with Crippen molar-refractivity contribution >= 4 is 28.6 Å². The summed E-state index contributed by atoms with van der Waals surface area (Å²) in [6.07, 6.45) is 11.1. The van der Waals surface area contributed by atoms with Crippen LogP contribution in [0.3, 0.4) is 0 Å². The zero-order chi connectivity index (χ0) is 33.4. The van der Waals surface area contributed by atoms with E-state index in [1.165, 1.54) is 58.3 Å². The van der Waals surface area contributed by atoms with Gasteiger partial charge in [-0.2, -0.15) is 0 Å². The molecule has 1 heterocycles. The molecule has 3 aromatic rings. The number of carbonyl (C=O) groups is 3. The molecule has 0 N–H and O–H groups in total. The number of ether oxygens (including phenoxy) is 5. The largest absolute Gasteiger partial charge is 0.488 e. The maximum absolute atomic E-state index is 13.4.